The van der Waals surface area contributed by atoms with Crippen LogP contribution < -0.4 is 10.6 Å². The Morgan fingerprint density at radius 3 is 2.35 bits per heavy atom. The number of ether oxygens (including phenoxy) is 1. The molecule has 2 heterocycles. The molecule has 180 valence electrons. The fraction of sp³-hybridized carbons (Fsp3) is 0.913. The maximum Gasteiger partial charge on any atom is 0.410 e. The Morgan fingerprint density at radius 1 is 1.06 bits per heavy atom. The summed E-state index contributed by atoms with van der Waals surface area (Å²) >= 11 is 0. The molecule has 0 radical (unpaired) electrons. The van der Waals surface area contributed by atoms with Crippen LogP contribution in [0, 0.1) is 5.92 Å². The lowest BCUT2D eigenvalue weighted by molar-refractivity contribution is 0.0187. The number of likely N-dealkylation sites (tertiary alicyclic amines) is 2. The van der Waals surface area contributed by atoms with Crippen molar-refractivity contribution in [2.45, 2.75) is 90.3 Å². The summed E-state index contributed by atoms with van der Waals surface area (Å²) in [5.41, 5.74) is -0.432. The van der Waals surface area contributed by atoms with E-state index >= 15 is 0 Å². The van der Waals surface area contributed by atoms with Crippen LogP contribution in [0.15, 0.2) is 4.99 Å². The molecule has 31 heavy (non-hydrogen) atoms. The van der Waals surface area contributed by atoms with Gasteiger partial charge in [0.15, 0.2) is 5.96 Å². The standard InChI is InChI=1S/C23H43N5O2.HI/c1-5-24-21(26-19-12-15-28(17-19)20-8-6-7-9-20)25-16-18-10-13-27(14-11-18)22(29)30-23(2,3)4;/h18-20H,5-17H2,1-4H3,(H2,24,25,26);1H. The third-order valence-electron chi connectivity index (χ3n) is 6.52. The smallest absolute Gasteiger partial charge is 0.410 e. The topological polar surface area (TPSA) is 69.2 Å². The maximum atomic E-state index is 12.2. The number of piperidine rings is 1. The van der Waals surface area contributed by atoms with Crippen molar-refractivity contribution in [1.29, 1.82) is 0 Å². The third-order valence-corrected chi connectivity index (χ3v) is 6.52. The van der Waals surface area contributed by atoms with Crippen LogP contribution in [0.3, 0.4) is 0 Å². The Labute approximate surface area is 206 Å². The molecule has 1 unspecified atom stereocenters. The molecule has 2 aliphatic heterocycles. The maximum absolute atomic E-state index is 12.2. The van der Waals surface area contributed by atoms with Gasteiger partial charge in [0.1, 0.15) is 5.60 Å². The zero-order chi connectivity index (χ0) is 21.6. The highest BCUT2D eigenvalue weighted by Crippen LogP contribution is 2.26. The van der Waals surface area contributed by atoms with E-state index < -0.39 is 5.60 Å². The van der Waals surface area contributed by atoms with Crippen molar-refractivity contribution >= 4 is 36.0 Å². The van der Waals surface area contributed by atoms with E-state index in [1.807, 2.05) is 25.7 Å². The fourth-order valence-corrected chi connectivity index (χ4v) is 4.86. The van der Waals surface area contributed by atoms with Crippen LogP contribution in [-0.4, -0.2) is 78.8 Å². The summed E-state index contributed by atoms with van der Waals surface area (Å²) in [6.45, 7) is 13.4. The average molecular weight is 550 g/mol. The molecule has 2 saturated heterocycles. The lowest BCUT2D eigenvalue weighted by Crippen LogP contribution is -2.46. The van der Waals surface area contributed by atoms with Crippen molar-refractivity contribution < 1.29 is 9.53 Å². The molecule has 8 heteroatoms. The van der Waals surface area contributed by atoms with Crippen LogP contribution in [0.2, 0.25) is 0 Å². The van der Waals surface area contributed by atoms with Gasteiger partial charge in [-0.1, -0.05) is 12.8 Å². The molecule has 7 nitrogen and oxygen atoms in total. The van der Waals surface area contributed by atoms with Crippen molar-refractivity contribution in [3.63, 3.8) is 0 Å². The Balaban J connectivity index is 0.00000341. The Hall–Kier alpha value is -0.770. The zero-order valence-corrected chi connectivity index (χ0v) is 22.3. The van der Waals surface area contributed by atoms with Crippen LogP contribution in [0.25, 0.3) is 0 Å². The second-order valence-corrected chi connectivity index (χ2v) is 10.2. The number of amides is 1. The molecular weight excluding hydrogens is 505 g/mol. The predicted molar refractivity (Wildman–Crippen MR) is 137 cm³/mol. The van der Waals surface area contributed by atoms with Crippen LogP contribution in [0.4, 0.5) is 4.79 Å². The minimum absolute atomic E-state index is 0. The van der Waals surface area contributed by atoms with E-state index in [1.165, 1.54) is 38.6 Å². The van der Waals surface area contributed by atoms with Crippen LogP contribution >= 0.6 is 24.0 Å². The van der Waals surface area contributed by atoms with Crippen LogP contribution in [-0.2, 0) is 4.74 Å². The summed E-state index contributed by atoms with van der Waals surface area (Å²) in [4.78, 5) is 21.7. The molecule has 2 N–H and O–H groups in total. The van der Waals surface area contributed by atoms with Gasteiger partial charge in [-0.25, -0.2) is 4.79 Å². The SMILES string of the molecule is CCNC(=NCC1CCN(C(=O)OC(C)(C)C)CC1)NC1CCN(C2CCCC2)C1.I. The first kappa shape index (κ1) is 26.5. The highest BCUT2D eigenvalue weighted by atomic mass is 127. The van der Waals surface area contributed by atoms with E-state index in [-0.39, 0.29) is 30.1 Å². The van der Waals surface area contributed by atoms with Gasteiger partial charge in [0.2, 0.25) is 0 Å². The van der Waals surface area contributed by atoms with Gasteiger partial charge in [-0.05, 0) is 65.7 Å². The van der Waals surface area contributed by atoms with Crippen molar-refractivity contribution in [2.24, 2.45) is 10.9 Å². The minimum atomic E-state index is -0.432. The first-order valence-electron chi connectivity index (χ1n) is 12.1. The van der Waals surface area contributed by atoms with Crippen molar-refractivity contribution in [3.8, 4) is 0 Å². The first-order valence-corrected chi connectivity index (χ1v) is 12.1. The predicted octanol–water partition coefficient (Wildman–Crippen LogP) is 3.82. The molecule has 3 rings (SSSR count). The molecule has 0 spiro atoms. The summed E-state index contributed by atoms with van der Waals surface area (Å²) in [5.74, 6) is 1.48. The molecular formula is C23H44IN5O2. The summed E-state index contributed by atoms with van der Waals surface area (Å²) < 4.78 is 5.50. The molecule has 0 aromatic carbocycles. The number of guanidine groups is 1. The Morgan fingerprint density at radius 2 is 1.74 bits per heavy atom. The van der Waals surface area contributed by atoms with E-state index in [1.54, 1.807) is 0 Å². The first-order chi connectivity index (χ1) is 14.3. The van der Waals surface area contributed by atoms with Gasteiger partial charge in [0.25, 0.3) is 0 Å². The highest BCUT2D eigenvalue weighted by Gasteiger charge is 2.30. The number of halogens is 1. The van der Waals surface area contributed by atoms with E-state index in [4.69, 9.17) is 9.73 Å². The molecule has 1 saturated carbocycles. The Kier molecular flexibility index (Phi) is 10.6. The minimum Gasteiger partial charge on any atom is -0.444 e. The largest absolute Gasteiger partial charge is 0.444 e. The number of carbonyl (C=O) groups is 1. The number of hydrogen-bond donors (Lipinski definition) is 2. The molecule has 3 aliphatic rings. The number of rotatable bonds is 5. The lowest BCUT2D eigenvalue weighted by Gasteiger charge is -2.33. The van der Waals surface area contributed by atoms with Gasteiger partial charge in [0, 0.05) is 51.4 Å². The van der Waals surface area contributed by atoms with Crippen molar-refractivity contribution in [3.05, 3.63) is 0 Å². The number of carbonyl (C=O) groups excluding carboxylic acids is 1. The van der Waals surface area contributed by atoms with Gasteiger partial charge < -0.3 is 20.3 Å². The monoisotopic (exact) mass is 549 g/mol. The third kappa shape index (κ3) is 8.59. The van der Waals surface area contributed by atoms with E-state index in [0.29, 0.717) is 12.0 Å². The highest BCUT2D eigenvalue weighted by molar-refractivity contribution is 14.0. The summed E-state index contributed by atoms with van der Waals surface area (Å²) in [5, 5.41) is 7.10. The molecule has 1 atom stereocenters. The van der Waals surface area contributed by atoms with Crippen molar-refractivity contribution in [1.82, 2.24) is 20.4 Å². The van der Waals surface area contributed by atoms with Crippen LogP contribution in [0.5, 0.6) is 0 Å². The van der Waals surface area contributed by atoms with E-state index in [9.17, 15) is 4.79 Å². The summed E-state index contributed by atoms with van der Waals surface area (Å²) in [6, 6.07) is 1.31. The summed E-state index contributed by atoms with van der Waals surface area (Å²) in [6.07, 6.45) is 8.54. The molecule has 1 amide bonds. The van der Waals surface area contributed by atoms with Gasteiger partial charge in [-0.2, -0.15) is 0 Å². The molecule has 0 aromatic rings. The van der Waals surface area contributed by atoms with E-state index in [2.05, 4.69) is 22.5 Å². The second-order valence-electron chi connectivity index (χ2n) is 10.2. The van der Waals surface area contributed by atoms with Crippen molar-refractivity contribution in [2.75, 3.05) is 39.3 Å². The molecule has 3 fully saturated rings. The molecule has 0 bridgehead atoms. The van der Waals surface area contributed by atoms with Gasteiger partial charge in [0.05, 0.1) is 0 Å². The van der Waals surface area contributed by atoms with Crippen LogP contribution in [0.1, 0.15) is 72.6 Å². The average Bonchev–Trinajstić information content (AvgIpc) is 3.37. The lowest BCUT2D eigenvalue weighted by atomic mass is 9.97. The van der Waals surface area contributed by atoms with E-state index in [0.717, 1.165) is 57.6 Å². The summed E-state index contributed by atoms with van der Waals surface area (Å²) in [7, 11) is 0. The second kappa shape index (κ2) is 12.5. The number of aliphatic imine (C=N–C) groups is 1. The Bertz CT molecular complexity index is 581. The zero-order valence-electron chi connectivity index (χ0n) is 20.0. The fourth-order valence-electron chi connectivity index (χ4n) is 4.86. The molecule has 1 aliphatic carbocycles. The normalized spacial score (nSPS) is 24.2. The quantitative estimate of drug-likeness (QED) is 0.310. The molecule has 0 aromatic heterocycles. The number of nitrogens with zero attached hydrogens (tertiary/aromatic N) is 3. The van der Waals surface area contributed by atoms with Gasteiger partial charge in [-0.15, -0.1) is 24.0 Å². The van der Waals surface area contributed by atoms with Gasteiger partial charge >= 0.3 is 6.09 Å². The number of nitrogens with one attached hydrogen (secondary N) is 2. The number of hydrogen-bond acceptors (Lipinski definition) is 4. The van der Waals surface area contributed by atoms with Gasteiger partial charge in [-0.3, -0.25) is 9.89 Å².